The Bertz CT molecular complexity index is 1040. The number of rotatable bonds is 10. The predicted molar refractivity (Wildman–Crippen MR) is 119 cm³/mol. The molecule has 0 aliphatic heterocycles. The third-order valence-corrected chi connectivity index (χ3v) is 5.05. The normalized spacial score (nSPS) is 11.5. The maximum Gasteiger partial charge on any atom is 0.329 e. The first kappa shape index (κ1) is 23.4. The van der Waals surface area contributed by atoms with E-state index in [4.69, 9.17) is 37.4 Å². The Kier molecular flexibility index (Phi) is 7.91. The highest BCUT2D eigenvalue weighted by Gasteiger charge is 2.21. The number of nitrogens with zero attached hydrogens (tertiary/aromatic N) is 3. The fraction of sp³-hybridized carbons (Fsp3) is 0.238. The van der Waals surface area contributed by atoms with Gasteiger partial charge in [0.1, 0.15) is 12.4 Å². The van der Waals surface area contributed by atoms with E-state index in [-0.39, 0.29) is 24.6 Å². The number of methoxy groups -OCH3 is 2. The summed E-state index contributed by atoms with van der Waals surface area (Å²) in [6, 6.07) is 11.4. The van der Waals surface area contributed by atoms with Gasteiger partial charge in [-0.25, -0.2) is 4.79 Å². The largest absolute Gasteiger partial charge is 0.491 e. The monoisotopic (exact) mass is 478 g/mol. The minimum Gasteiger partial charge on any atom is -0.491 e. The highest BCUT2D eigenvalue weighted by atomic mass is 35.5. The molecule has 0 fully saturated rings. The maximum atomic E-state index is 11.7. The summed E-state index contributed by atoms with van der Waals surface area (Å²) in [6.07, 6.45) is 0.557. The van der Waals surface area contributed by atoms with Crippen LogP contribution in [0, 0.1) is 0 Å². The van der Waals surface area contributed by atoms with Crippen molar-refractivity contribution in [3.05, 3.63) is 63.6 Å². The van der Waals surface area contributed by atoms with Crippen LogP contribution in [0.4, 0.5) is 5.95 Å². The molecule has 11 heteroatoms. The predicted octanol–water partition coefficient (Wildman–Crippen LogP) is 3.73. The molecular weight excluding hydrogens is 459 g/mol. The molecule has 32 heavy (non-hydrogen) atoms. The Morgan fingerprint density at radius 1 is 1.00 bits per heavy atom. The van der Waals surface area contributed by atoms with Crippen LogP contribution in [0.5, 0.6) is 17.8 Å². The van der Waals surface area contributed by atoms with Crippen molar-refractivity contribution in [1.82, 2.24) is 15.0 Å². The number of nitrogens with one attached hydrogen (secondary N) is 1. The van der Waals surface area contributed by atoms with Crippen molar-refractivity contribution >= 4 is 35.1 Å². The smallest absolute Gasteiger partial charge is 0.329 e. The van der Waals surface area contributed by atoms with Crippen molar-refractivity contribution in [1.29, 1.82) is 0 Å². The number of hydrogen-bond acceptors (Lipinski definition) is 8. The molecule has 2 N–H and O–H groups in total. The van der Waals surface area contributed by atoms with Gasteiger partial charge in [0.05, 0.1) is 14.2 Å². The van der Waals surface area contributed by atoms with Crippen LogP contribution in [-0.4, -0.2) is 52.9 Å². The molecular formula is C21H20Cl2N4O5. The van der Waals surface area contributed by atoms with E-state index in [1.54, 1.807) is 30.3 Å². The summed E-state index contributed by atoms with van der Waals surface area (Å²) in [5.74, 6) is -0.664. The van der Waals surface area contributed by atoms with Gasteiger partial charge in [0.15, 0.2) is 6.04 Å². The van der Waals surface area contributed by atoms with E-state index in [1.165, 1.54) is 14.2 Å². The second kappa shape index (κ2) is 10.8. The highest BCUT2D eigenvalue weighted by Crippen LogP contribution is 2.27. The quantitative estimate of drug-likeness (QED) is 0.449. The summed E-state index contributed by atoms with van der Waals surface area (Å²) >= 11 is 12.5. The molecule has 0 spiro atoms. The molecule has 2 aromatic carbocycles. The minimum absolute atomic E-state index is 0.0152. The van der Waals surface area contributed by atoms with E-state index < -0.39 is 12.0 Å². The van der Waals surface area contributed by atoms with Crippen LogP contribution in [0.25, 0.3) is 0 Å². The van der Waals surface area contributed by atoms with Gasteiger partial charge >= 0.3 is 18.0 Å². The lowest BCUT2D eigenvalue weighted by atomic mass is 10.0. The van der Waals surface area contributed by atoms with Crippen molar-refractivity contribution in [2.45, 2.75) is 12.5 Å². The molecule has 1 heterocycles. The number of ether oxygens (including phenoxy) is 3. The standard InChI is InChI=1S/C21H20Cl2N4O5/c1-30-20-25-19(26-21(27-20)31-2)24-17(18(28)29)11-32-13-8-6-12(7-9-13)10-14-15(22)4-3-5-16(14)23/h3-9,17H,10-11H2,1-2H3,(H,28,29)(H,24,25,26,27). The van der Waals surface area contributed by atoms with Crippen LogP contribution in [0.2, 0.25) is 10.0 Å². The zero-order valence-corrected chi connectivity index (χ0v) is 18.7. The van der Waals surface area contributed by atoms with E-state index in [0.717, 1.165) is 11.1 Å². The second-order valence-electron chi connectivity index (χ2n) is 6.50. The van der Waals surface area contributed by atoms with Crippen molar-refractivity contribution in [2.75, 3.05) is 26.1 Å². The first-order valence-corrected chi connectivity index (χ1v) is 10.1. The van der Waals surface area contributed by atoms with Crippen LogP contribution >= 0.6 is 23.2 Å². The third kappa shape index (κ3) is 6.12. The summed E-state index contributed by atoms with van der Waals surface area (Å²) in [5, 5.41) is 13.4. The fourth-order valence-electron chi connectivity index (χ4n) is 2.70. The molecule has 168 valence electrons. The molecule has 1 unspecified atom stereocenters. The van der Waals surface area contributed by atoms with Crippen molar-refractivity contribution in [3.8, 4) is 17.8 Å². The van der Waals surface area contributed by atoms with Gasteiger partial charge in [-0.1, -0.05) is 41.4 Å². The van der Waals surface area contributed by atoms with Crippen molar-refractivity contribution < 1.29 is 24.1 Å². The Balaban J connectivity index is 1.64. The van der Waals surface area contributed by atoms with Gasteiger partial charge < -0.3 is 24.6 Å². The van der Waals surface area contributed by atoms with E-state index in [9.17, 15) is 9.90 Å². The van der Waals surface area contributed by atoms with Crippen LogP contribution in [0.1, 0.15) is 11.1 Å². The third-order valence-electron chi connectivity index (χ3n) is 4.34. The summed E-state index contributed by atoms with van der Waals surface area (Å²) in [7, 11) is 2.75. The Morgan fingerprint density at radius 2 is 1.59 bits per heavy atom. The molecule has 0 amide bonds. The number of aromatic nitrogens is 3. The van der Waals surface area contributed by atoms with E-state index in [2.05, 4.69) is 20.3 Å². The van der Waals surface area contributed by atoms with Gasteiger partial charge in [0, 0.05) is 16.5 Å². The zero-order chi connectivity index (χ0) is 23.1. The Morgan fingerprint density at radius 3 is 2.12 bits per heavy atom. The average Bonchev–Trinajstić information content (AvgIpc) is 2.79. The minimum atomic E-state index is -1.15. The number of anilines is 1. The average molecular weight is 479 g/mol. The van der Waals surface area contributed by atoms with Gasteiger partial charge in [0.2, 0.25) is 5.95 Å². The van der Waals surface area contributed by atoms with Crippen molar-refractivity contribution in [2.24, 2.45) is 0 Å². The number of halogens is 2. The number of hydrogen-bond donors (Lipinski definition) is 2. The molecule has 3 aromatic rings. The highest BCUT2D eigenvalue weighted by molar-refractivity contribution is 6.36. The molecule has 9 nitrogen and oxygen atoms in total. The van der Waals surface area contributed by atoms with Gasteiger partial charge in [0.25, 0.3) is 0 Å². The molecule has 0 aliphatic carbocycles. The van der Waals surface area contributed by atoms with Crippen LogP contribution in [0.3, 0.4) is 0 Å². The first-order valence-electron chi connectivity index (χ1n) is 9.37. The lowest BCUT2D eigenvalue weighted by molar-refractivity contribution is -0.138. The fourth-order valence-corrected chi connectivity index (χ4v) is 3.24. The van der Waals surface area contributed by atoms with Crippen LogP contribution < -0.4 is 19.5 Å². The zero-order valence-electron chi connectivity index (χ0n) is 17.2. The lowest BCUT2D eigenvalue weighted by Crippen LogP contribution is -2.36. The maximum absolute atomic E-state index is 11.7. The lowest BCUT2D eigenvalue weighted by Gasteiger charge is -2.16. The van der Waals surface area contributed by atoms with E-state index >= 15 is 0 Å². The molecule has 1 atom stereocenters. The number of aliphatic carboxylic acids is 1. The van der Waals surface area contributed by atoms with E-state index in [1.807, 2.05) is 12.1 Å². The molecule has 0 radical (unpaired) electrons. The summed E-state index contributed by atoms with van der Waals surface area (Å²) < 4.78 is 15.6. The second-order valence-corrected chi connectivity index (χ2v) is 7.31. The molecule has 0 saturated carbocycles. The van der Waals surface area contributed by atoms with Crippen LogP contribution in [0.15, 0.2) is 42.5 Å². The van der Waals surface area contributed by atoms with Gasteiger partial charge in [-0.3, -0.25) is 0 Å². The van der Waals surface area contributed by atoms with E-state index in [0.29, 0.717) is 22.2 Å². The molecule has 0 saturated heterocycles. The molecule has 0 aliphatic rings. The number of carboxylic acid groups (broad SMARTS) is 1. The molecule has 1 aromatic heterocycles. The Hall–Kier alpha value is -3.30. The summed E-state index contributed by atoms with van der Waals surface area (Å²) in [6.45, 7) is -0.179. The van der Waals surface area contributed by atoms with Crippen molar-refractivity contribution in [3.63, 3.8) is 0 Å². The Labute approximate surface area is 194 Å². The van der Waals surface area contributed by atoms with Crippen LogP contribution in [-0.2, 0) is 11.2 Å². The topological polar surface area (TPSA) is 116 Å². The SMILES string of the molecule is COc1nc(NC(COc2ccc(Cc3c(Cl)cccc3Cl)cc2)C(=O)O)nc(OC)n1. The van der Waals surface area contributed by atoms with Gasteiger partial charge in [-0.2, -0.15) is 9.97 Å². The number of benzene rings is 2. The first-order chi connectivity index (χ1) is 15.4. The number of carboxylic acids is 1. The molecule has 0 bridgehead atoms. The summed E-state index contributed by atoms with van der Waals surface area (Å²) in [4.78, 5) is 23.5. The summed E-state index contributed by atoms with van der Waals surface area (Å²) in [5.41, 5.74) is 1.81. The van der Waals surface area contributed by atoms with Gasteiger partial charge in [-0.05, 0) is 35.4 Å². The number of carbonyl (C=O) groups is 1. The van der Waals surface area contributed by atoms with Gasteiger partial charge in [-0.15, -0.1) is 4.98 Å². The molecule has 3 rings (SSSR count).